The lowest BCUT2D eigenvalue weighted by atomic mass is 10.1. The van der Waals surface area contributed by atoms with E-state index in [4.69, 9.17) is 11.6 Å². The zero-order chi connectivity index (χ0) is 14.7. The van der Waals surface area contributed by atoms with Crippen LogP contribution in [0.1, 0.15) is 5.56 Å². The largest absolute Gasteiger partial charge is 0.355 e. The Balaban J connectivity index is 2.23. The second kappa shape index (κ2) is 5.89. The molecule has 1 N–H and O–H groups in total. The van der Waals surface area contributed by atoms with Crippen LogP contribution < -0.4 is 5.32 Å². The molecule has 0 fully saturated rings. The summed E-state index contributed by atoms with van der Waals surface area (Å²) in [7, 11) is 0. The van der Waals surface area contributed by atoms with Crippen LogP contribution >= 0.6 is 11.6 Å². The fourth-order valence-corrected chi connectivity index (χ4v) is 2.44. The molecule has 0 saturated heterocycles. The van der Waals surface area contributed by atoms with Crippen molar-refractivity contribution in [3.63, 3.8) is 0 Å². The number of carbonyl (C=O) groups excluding carboxylic acids is 1. The first-order valence-electron chi connectivity index (χ1n) is 6.46. The van der Waals surface area contributed by atoms with Gasteiger partial charge in [-0.2, -0.15) is 0 Å². The van der Waals surface area contributed by atoms with E-state index in [-0.39, 0.29) is 0 Å². The minimum absolute atomic E-state index is 0.394. The Kier molecular flexibility index (Phi) is 3.79. The van der Waals surface area contributed by atoms with Crippen molar-refractivity contribution in [3.8, 4) is 11.4 Å². The lowest BCUT2D eigenvalue weighted by Gasteiger charge is -2.10. The van der Waals surface area contributed by atoms with Crippen LogP contribution in [0.3, 0.4) is 0 Å². The maximum absolute atomic E-state index is 10.6. The summed E-state index contributed by atoms with van der Waals surface area (Å²) in [5.41, 5.74) is 3.11. The Morgan fingerprint density at radius 3 is 2.86 bits per heavy atom. The second-order valence-electron chi connectivity index (χ2n) is 4.52. The van der Waals surface area contributed by atoms with E-state index in [9.17, 15) is 4.79 Å². The lowest BCUT2D eigenvalue weighted by molar-refractivity contribution is -0.109. The first-order valence-corrected chi connectivity index (χ1v) is 6.84. The van der Waals surface area contributed by atoms with Crippen LogP contribution in [0.5, 0.6) is 0 Å². The highest BCUT2D eigenvalue weighted by Crippen LogP contribution is 2.28. The minimum Gasteiger partial charge on any atom is -0.355 e. The quantitative estimate of drug-likeness (QED) is 0.752. The van der Waals surface area contributed by atoms with Crippen LogP contribution in [-0.4, -0.2) is 16.4 Å². The molecule has 0 aliphatic rings. The van der Waals surface area contributed by atoms with E-state index in [0.29, 0.717) is 18.0 Å². The molecule has 3 rings (SSSR count). The number of rotatable bonds is 4. The van der Waals surface area contributed by atoms with Gasteiger partial charge in [-0.25, -0.2) is 4.98 Å². The van der Waals surface area contributed by atoms with Crippen molar-refractivity contribution in [3.05, 3.63) is 59.2 Å². The molecule has 0 spiro atoms. The Morgan fingerprint density at radius 1 is 1.19 bits per heavy atom. The van der Waals surface area contributed by atoms with E-state index in [2.05, 4.69) is 15.3 Å². The summed E-state index contributed by atoms with van der Waals surface area (Å²) in [5.74, 6) is 0. The van der Waals surface area contributed by atoms with Crippen molar-refractivity contribution < 1.29 is 4.79 Å². The average Bonchev–Trinajstić information content (AvgIpc) is 2.53. The highest BCUT2D eigenvalue weighted by molar-refractivity contribution is 6.35. The monoisotopic (exact) mass is 297 g/mol. The van der Waals surface area contributed by atoms with Crippen molar-refractivity contribution >= 4 is 28.9 Å². The van der Waals surface area contributed by atoms with E-state index < -0.39 is 0 Å². The molecule has 0 aliphatic carbocycles. The first-order chi connectivity index (χ1) is 10.3. The van der Waals surface area contributed by atoms with E-state index in [1.54, 1.807) is 6.20 Å². The molecule has 0 saturated carbocycles. The number of nitrogens with zero attached hydrogens (tertiary/aromatic N) is 2. The second-order valence-corrected chi connectivity index (χ2v) is 4.93. The number of fused-ring (bicyclic) bond motifs is 1. The van der Waals surface area contributed by atoms with Gasteiger partial charge < -0.3 is 5.32 Å². The predicted molar refractivity (Wildman–Crippen MR) is 82.9 cm³/mol. The summed E-state index contributed by atoms with van der Waals surface area (Å²) >= 11 is 6.22. The van der Waals surface area contributed by atoms with Gasteiger partial charge in [0.05, 0.1) is 21.9 Å². The number of aromatic nitrogens is 2. The fourth-order valence-electron chi connectivity index (χ4n) is 2.22. The highest BCUT2D eigenvalue weighted by atomic mass is 35.5. The number of amides is 1. The van der Waals surface area contributed by atoms with E-state index in [1.807, 2.05) is 42.5 Å². The molecule has 104 valence electrons. The number of pyridine rings is 2. The number of benzene rings is 1. The Bertz CT molecular complexity index is 790. The normalized spacial score (nSPS) is 10.5. The zero-order valence-corrected chi connectivity index (χ0v) is 11.8. The van der Waals surface area contributed by atoms with Gasteiger partial charge >= 0.3 is 0 Å². The third-order valence-electron chi connectivity index (χ3n) is 3.16. The summed E-state index contributed by atoms with van der Waals surface area (Å²) in [4.78, 5) is 19.6. The number of hydrogen-bond acceptors (Lipinski definition) is 3. The summed E-state index contributed by atoms with van der Waals surface area (Å²) in [6.45, 7) is 0.394. The van der Waals surface area contributed by atoms with Crippen molar-refractivity contribution in [2.45, 2.75) is 6.54 Å². The summed E-state index contributed by atoms with van der Waals surface area (Å²) in [6.07, 6.45) is 2.38. The molecular formula is C16H12ClN3O. The molecule has 1 aromatic carbocycles. The van der Waals surface area contributed by atoms with Crippen molar-refractivity contribution in [2.24, 2.45) is 0 Å². The number of para-hydroxylation sites is 1. The van der Waals surface area contributed by atoms with Gasteiger partial charge in [0.15, 0.2) is 0 Å². The van der Waals surface area contributed by atoms with Gasteiger partial charge in [0.2, 0.25) is 6.41 Å². The third-order valence-corrected chi connectivity index (χ3v) is 3.46. The third kappa shape index (κ3) is 2.71. The van der Waals surface area contributed by atoms with Crippen molar-refractivity contribution in [2.75, 3.05) is 0 Å². The molecule has 4 nitrogen and oxygen atoms in total. The number of carbonyl (C=O) groups is 1. The van der Waals surface area contributed by atoms with E-state index >= 15 is 0 Å². The topological polar surface area (TPSA) is 54.9 Å². The summed E-state index contributed by atoms with van der Waals surface area (Å²) in [5, 5.41) is 4.20. The molecule has 5 heteroatoms. The molecule has 3 aromatic rings. The lowest BCUT2D eigenvalue weighted by Crippen LogP contribution is -2.11. The van der Waals surface area contributed by atoms with Gasteiger partial charge in [0.1, 0.15) is 0 Å². The maximum Gasteiger partial charge on any atom is 0.207 e. The standard InChI is InChI=1S/C16H12ClN3O/c17-13-5-3-4-11-8-12(9-18-10-21)16(20-15(11)13)14-6-1-2-7-19-14/h1-8,10H,9H2,(H,18,21). The van der Waals surface area contributed by atoms with Gasteiger partial charge in [-0.15, -0.1) is 0 Å². The van der Waals surface area contributed by atoms with Crippen LogP contribution in [0.2, 0.25) is 5.02 Å². The van der Waals surface area contributed by atoms with Crippen LogP contribution in [0.25, 0.3) is 22.3 Å². The number of hydrogen-bond donors (Lipinski definition) is 1. The molecule has 21 heavy (non-hydrogen) atoms. The molecule has 1 amide bonds. The molecule has 0 radical (unpaired) electrons. The molecule has 2 aromatic heterocycles. The van der Waals surface area contributed by atoms with Gasteiger partial charge in [0, 0.05) is 18.1 Å². The van der Waals surface area contributed by atoms with Crippen molar-refractivity contribution in [1.82, 2.24) is 15.3 Å². The average molecular weight is 298 g/mol. The molecule has 0 aliphatic heterocycles. The highest BCUT2D eigenvalue weighted by Gasteiger charge is 2.11. The summed E-state index contributed by atoms with van der Waals surface area (Å²) in [6, 6.07) is 13.2. The van der Waals surface area contributed by atoms with Gasteiger partial charge in [-0.05, 0) is 29.8 Å². The Hall–Kier alpha value is -2.46. The Morgan fingerprint density at radius 2 is 2.10 bits per heavy atom. The molecule has 0 atom stereocenters. The van der Waals surface area contributed by atoms with Gasteiger partial charge in [-0.3, -0.25) is 9.78 Å². The maximum atomic E-state index is 10.6. The minimum atomic E-state index is 0.394. The first kappa shape index (κ1) is 13.5. The number of halogens is 1. The van der Waals surface area contributed by atoms with E-state index in [1.165, 1.54) is 0 Å². The molecule has 0 bridgehead atoms. The Labute approximate surface area is 126 Å². The van der Waals surface area contributed by atoms with Gasteiger partial charge in [0.25, 0.3) is 0 Å². The summed E-state index contributed by atoms with van der Waals surface area (Å²) < 4.78 is 0. The number of nitrogens with one attached hydrogen (secondary N) is 1. The van der Waals surface area contributed by atoms with Crippen molar-refractivity contribution in [1.29, 1.82) is 0 Å². The smallest absolute Gasteiger partial charge is 0.207 e. The van der Waals surface area contributed by atoms with Gasteiger partial charge in [-0.1, -0.05) is 29.8 Å². The van der Waals surface area contributed by atoms with Crippen LogP contribution in [0, 0.1) is 0 Å². The molecule has 0 unspecified atom stereocenters. The molecule has 2 heterocycles. The fraction of sp³-hybridized carbons (Fsp3) is 0.0625. The van der Waals surface area contributed by atoms with Crippen LogP contribution in [0.15, 0.2) is 48.7 Å². The van der Waals surface area contributed by atoms with Crippen LogP contribution in [-0.2, 0) is 11.3 Å². The SMILES string of the molecule is O=CNCc1cc2cccc(Cl)c2nc1-c1ccccn1. The van der Waals surface area contributed by atoms with E-state index in [0.717, 1.165) is 27.9 Å². The predicted octanol–water partition coefficient (Wildman–Crippen LogP) is 3.20. The zero-order valence-electron chi connectivity index (χ0n) is 11.1. The van der Waals surface area contributed by atoms with Crippen LogP contribution in [0.4, 0.5) is 0 Å². The molecular weight excluding hydrogens is 286 g/mol.